The van der Waals surface area contributed by atoms with Crippen molar-refractivity contribution in [1.29, 1.82) is 0 Å². The Labute approximate surface area is 158 Å². The molecule has 0 spiro atoms. The van der Waals surface area contributed by atoms with Crippen LogP contribution < -0.4 is 5.73 Å². The summed E-state index contributed by atoms with van der Waals surface area (Å²) in [5, 5.41) is 0. The highest BCUT2D eigenvalue weighted by molar-refractivity contribution is 6.60. The lowest BCUT2D eigenvalue weighted by atomic mass is 10.0. The normalized spacial score (nSPS) is 12.0. The van der Waals surface area contributed by atoms with Gasteiger partial charge in [-0.1, -0.05) is 83.5 Å². The Morgan fingerprint density at radius 1 is 0.480 bits per heavy atom. The van der Waals surface area contributed by atoms with E-state index in [1.54, 1.807) is 21.3 Å². The molecule has 5 heteroatoms. The molecule has 0 radical (unpaired) electrons. The third-order valence-electron chi connectivity index (χ3n) is 5.12. The highest BCUT2D eigenvalue weighted by Gasteiger charge is 2.36. The molecule has 0 saturated carbocycles. The van der Waals surface area contributed by atoms with Crippen molar-refractivity contribution in [3.63, 3.8) is 0 Å². The zero-order valence-electron chi connectivity index (χ0n) is 17.3. The third-order valence-corrected chi connectivity index (χ3v) is 7.95. The van der Waals surface area contributed by atoms with Crippen LogP contribution in [0.1, 0.15) is 96.3 Å². The number of hydrogen-bond donors (Lipinski definition) is 1. The first-order valence-electron chi connectivity index (χ1n) is 10.6. The topological polar surface area (TPSA) is 53.7 Å². The standard InChI is InChI=1S/C20H45NO3Si/c1-22-25(23-2,24-3)20-18-16-14-12-10-8-6-4-5-7-9-11-13-15-17-19-21/h4-21H2,1-3H3. The number of rotatable bonds is 20. The minimum atomic E-state index is -2.33. The summed E-state index contributed by atoms with van der Waals surface area (Å²) in [6.07, 6.45) is 20.3. The summed E-state index contributed by atoms with van der Waals surface area (Å²) in [6, 6.07) is 0.933. The predicted octanol–water partition coefficient (Wildman–Crippen LogP) is 5.67. The van der Waals surface area contributed by atoms with Crippen LogP contribution in [-0.4, -0.2) is 36.7 Å². The molecule has 0 heterocycles. The molecule has 0 amide bonds. The summed E-state index contributed by atoms with van der Waals surface area (Å²) in [6.45, 7) is 0.857. The van der Waals surface area contributed by atoms with Crippen molar-refractivity contribution < 1.29 is 13.3 Å². The quantitative estimate of drug-likeness (QED) is 0.220. The second kappa shape index (κ2) is 18.8. The summed E-state index contributed by atoms with van der Waals surface area (Å²) in [5.41, 5.74) is 5.50. The average molecular weight is 376 g/mol. The van der Waals surface area contributed by atoms with Crippen molar-refractivity contribution in [3.05, 3.63) is 0 Å². The smallest absolute Gasteiger partial charge is 0.377 e. The molecule has 0 aromatic carbocycles. The van der Waals surface area contributed by atoms with Crippen LogP contribution in [0.5, 0.6) is 0 Å². The van der Waals surface area contributed by atoms with Crippen LogP contribution in [0, 0.1) is 0 Å². The Morgan fingerprint density at radius 2 is 0.760 bits per heavy atom. The molecule has 0 saturated heterocycles. The van der Waals surface area contributed by atoms with E-state index in [4.69, 9.17) is 19.0 Å². The van der Waals surface area contributed by atoms with Gasteiger partial charge >= 0.3 is 8.80 Å². The zero-order valence-corrected chi connectivity index (χ0v) is 18.3. The summed E-state index contributed by atoms with van der Waals surface area (Å²) in [4.78, 5) is 0. The van der Waals surface area contributed by atoms with Gasteiger partial charge < -0.3 is 19.0 Å². The highest BCUT2D eigenvalue weighted by Crippen LogP contribution is 2.18. The first-order chi connectivity index (χ1) is 12.2. The lowest BCUT2D eigenvalue weighted by Crippen LogP contribution is -2.42. The predicted molar refractivity (Wildman–Crippen MR) is 110 cm³/mol. The Hall–Kier alpha value is 0.0569. The van der Waals surface area contributed by atoms with Gasteiger partial charge in [-0.3, -0.25) is 0 Å². The van der Waals surface area contributed by atoms with E-state index >= 15 is 0 Å². The van der Waals surface area contributed by atoms with E-state index in [9.17, 15) is 0 Å². The Bertz CT molecular complexity index is 255. The molecule has 0 unspecified atom stereocenters. The van der Waals surface area contributed by atoms with Gasteiger partial charge in [-0.15, -0.1) is 0 Å². The van der Waals surface area contributed by atoms with Crippen molar-refractivity contribution in [2.75, 3.05) is 27.9 Å². The van der Waals surface area contributed by atoms with Crippen LogP contribution in [0.25, 0.3) is 0 Å². The SMILES string of the molecule is CO[Si](CCCCCCCCCCCCCCCCCN)(OC)OC. The molecule has 4 nitrogen and oxygen atoms in total. The van der Waals surface area contributed by atoms with Crippen LogP contribution in [0.2, 0.25) is 6.04 Å². The number of nitrogens with two attached hydrogens (primary N) is 1. The van der Waals surface area contributed by atoms with E-state index in [1.165, 1.54) is 89.9 Å². The van der Waals surface area contributed by atoms with E-state index in [1.807, 2.05) is 0 Å². The average Bonchev–Trinajstić information content (AvgIpc) is 2.65. The van der Waals surface area contributed by atoms with Gasteiger partial charge in [-0.25, -0.2) is 0 Å². The summed E-state index contributed by atoms with van der Waals surface area (Å²) < 4.78 is 16.3. The third kappa shape index (κ3) is 14.9. The minimum Gasteiger partial charge on any atom is -0.377 e. The minimum absolute atomic E-state index is 0.857. The lowest BCUT2D eigenvalue weighted by molar-refractivity contribution is 0.122. The fourth-order valence-corrected chi connectivity index (χ4v) is 5.14. The molecule has 25 heavy (non-hydrogen) atoms. The van der Waals surface area contributed by atoms with Gasteiger partial charge in [-0.2, -0.15) is 0 Å². The molecule has 0 aromatic heterocycles. The zero-order chi connectivity index (χ0) is 18.6. The van der Waals surface area contributed by atoms with Crippen LogP contribution in [0.15, 0.2) is 0 Å². The molecule has 0 aliphatic heterocycles. The lowest BCUT2D eigenvalue weighted by Gasteiger charge is -2.24. The van der Waals surface area contributed by atoms with Gasteiger partial charge in [0.25, 0.3) is 0 Å². The molecule has 0 aliphatic rings. The fraction of sp³-hybridized carbons (Fsp3) is 1.00. The van der Waals surface area contributed by atoms with Crippen molar-refractivity contribution in [1.82, 2.24) is 0 Å². The summed E-state index contributed by atoms with van der Waals surface area (Å²) in [7, 11) is 2.76. The van der Waals surface area contributed by atoms with Gasteiger partial charge in [0.2, 0.25) is 0 Å². The van der Waals surface area contributed by atoms with Crippen LogP contribution in [0.4, 0.5) is 0 Å². The first kappa shape index (κ1) is 25.1. The van der Waals surface area contributed by atoms with Gasteiger partial charge in [0.15, 0.2) is 0 Å². The van der Waals surface area contributed by atoms with Gasteiger partial charge in [0.1, 0.15) is 0 Å². The van der Waals surface area contributed by atoms with E-state index in [-0.39, 0.29) is 0 Å². The second-order valence-corrected chi connectivity index (χ2v) is 10.2. The molecule has 0 aromatic rings. The monoisotopic (exact) mass is 375 g/mol. The van der Waals surface area contributed by atoms with Crippen molar-refractivity contribution in [3.8, 4) is 0 Å². The molecule has 0 aliphatic carbocycles. The van der Waals surface area contributed by atoms with Gasteiger partial charge in [-0.05, 0) is 19.4 Å². The van der Waals surface area contributed by atoms with E-state index in [2.05, 4.69) is 0 Å². The maximum Gasteiger partial charge on any atom is 0.500 e. The highest BCUT2D eigenvalue weighted by atomic mass is 28.4. The second-order valence-electron chi connectivity index (χ2n) is 7.14. The molecule has 0 rings (SSSR count). The van der Waals surface area contributed by atoms with Crippen molar-refractivity contribution in [2.24, 2.45) is 5.73 Å². The van der Waals surface area contributed by atoms with Gasteiger partial charge in [0, 0.05) is 27.4 Å². The maximum absolute atomic E-state index is 5.50. The molecule has 0 atom stereocenters. The van der Waals surface area contributed by atoms with Crippen molar-refractivity contribution in [2.45, 2.75) is 102 Å². The Morgan fingerprint density at radius 3 is 1.04 bits per heavy atom. The van der Waals surface area contributed by atoms with Crippen LogP contribution in [0.3, 0.4) is 0 Å². The first-order valence-corrected chi connectivity index (χ1v) is 12.5. The maximum atomic E-state index is 5.50. The van der Waals surface area contributed by atoms with Crippen molar-refractivity contribution >= 4 is 8.80 Å². The molecule has 0 bridgehead atoms. The molecular weight excluding hydrogens is 330 g/mol. The Kier molecular flexibility index (Phi) is 18.9. The number of unbranched alkanes of at least 4 members (excludes halogenated alkanes) is 14. The summed E-state index contributed by atoms with van der Waals surface area (Å²) >= 11 is 0. The fourth-order valence-electron chi connectivity index (χ4n) is 3.34. The largest absolute Gasteiger partial charge is 0.500 e. The molecule has 152 valence electrons. The molecule has 0 fully saturated rings. The van der Waals surface area contributed by atoms with Crippen LogP contribution >= 0.6 is 0 Å². The molecular formula is C20H45NO3Si. The molecule has 2 N–H and O–H groups in total. The Balaban J connectivity index is 3.21. The number of hydrogen-bond acceptors (Lipinski definition) is 4. The van der Waals surface area contributed by atoms with E-state index < -0.39 is 8.80 Å². The van der Waals surface area contributed by atoms with E-state index in [0.29, 0.717) is 0 Å². The van der Waals surface area contributed by atoms with Crippen LogP contribution in [-0.2, 0) is 13.3 Å². The van der Waals surface area contributed by atoms with Gasteiger partial charge in [0.05, 0.1) is 0 Å². The van der Waals surface area contributed by atoms with E-state index in [0.717, 1.165) is 19.0 Å². The summed E-state index contributed by atoms with van der Waals surface area (Å²) in [5.74, 6) is 0.